The smallest absolute Gasteiger partial charge is 0.277 e. The van der Waals surface area contributed by atoms with E-state index in [0.29, 0.717) is 18.0 Å². The number of ether oxygens (including phenoxy) is 1. The Morgan fingerprint density at radius 3 is 2.11 bits per heavy atom. The highest BCUT2D eigenvalue weighted by Crippen LogP contribution is 2.24. The third kappa shape index (κ3) is 5.77. The molecule has 27 heavy (non-hydrogen) atoms. The first kappa shape index (κ1) is 19.8. The molecule has 2 rings (SSSR count). The van der Waals surface area contributed by atoms with Crippen molar-refractivity contribution in [2.24, 2.45) is 0 Å². The maximum Gasteiger partial charge on any atom is 0.277 e. The summed E-state index contributed by atoms with van der Waals surface area (Å²) in [6, 6.07) is 9.43. The first-order valence-electron chi connectivity index (χ1n) is 8.38. The van der Waals surface area contributed by atoms with E-state index in [9.17, 15) is 25.0 Å². The summed E-state index contributed by atoms with van der Waals surface area (Å²) in [7, 11) is 0. The number of carbonyl (C=O) groups is 1. The number of anilines is 1. The number of rotatable bonds is 9. The van der Waals surface area contributed by atoms with Crippen LogP contribution in [0.4, 0.5) is 17.1 Å². The van der Waals surface area contributed by atoms with E-state index in [2.05, 4.69) is 12.2 Å². The Morgan fingerprint density at radius 1 is 1.00 bits per heavy atom. The van der Waals surface area contributed by atoms with Gasteiger partial charge >= 0.3 is 0 Å². The van der Waals surface area contributed by atoms with Crippen molar-refractivity contribution in [3.8, 4) is 5.75 Å². The van der Waals surface area contributed by atoms with Crippen LogP contribution in [0.25, 0.3) is 0 Å². The van der Waals surface area contributed by atoms with Gasteiger partial charge in [-0.05, 0) is 30.7 Å². The average Bonchev–Trinajstić information content (AvgIpc) is 2.66. The van der Waals surface area contributed by atoms with Gasteiger partial charge in [-0.15, -0.1) is 0 Å². The monoisotopic (exact) mass is 373 g/mol. The fraction of sp³-hybridized carbons (Fsp3) is 0.278. The van der Waals surface area contributed by atoms with Crippen LogP contribution >= 0.6 is 0 Å². The summed E-state index contributed by atoms with van der Waals surface area (Å²) in [6.07, 6.45) is 3.15. The second-order valence-electron chi connectivity index (χ2n) is 5.79. The third-order valence-corrected chi connectivity index (χ3v) is 3.72. The van der Waals surface area contributed by atoms with Gasteiger partial charge in [0.15, 0.2) is 0 Å². The molecule has 0 radical (unpaired) electrons. The number of nitrogens with one attached hydrogen (secondary N) is 1. The Morgan fingerprint density at radius 2 is 1.59 bits per heavy atom. The molecule has 0 aliphatic carbocycles. The van der Waals surface area contributed by atoms with Gasteiger partial charge in [-0.1, -0.05) is 19.8 Å². The number of nitro benzene ring substituents is 2. The van der Waals surface area contributed by atoms with E-state index < -0.39 is 27.1 Å². The molecule has 0 atom stereocenters. The van der Waals surface area contributed by atoms with Crippen LogP contribution in [0.15, 0.2) is 42.5 Å². The first-order chi connectivity index (χ1) is 12.9. The van der Waals surface area contributed by atoms with Crippen LogP contribution in [-0.2, 0) is 0 Å². The van der Waals surface area contributed by atoms with E-state index in [1.165, 1.54) is 0 Å². The number of amides is 1. The predicted molar refractivity (Wildman–Crippen MR) is 99.2 cm³/mol. The van der Waals surface area contributed by atoms with Gasteiger partial charge < -0.3 is 10.1 Å². The molecule has 0 heterocycles. The van der Waals surface area contributed by atoms with Crippen molar-refractivity contribution in [1.82, 2.24) is 0 Å². The maximum atomic E-state index is 12.3. The molecule has 2 aromatic carbocycles. The van der Waals surface area contributed by atoms with Crippen molar-refractivity contribution in [2.75, 3.05) is 11.9 Å². The number of carbonyl (C=O) groups excluding carboxylic acids is 1. The van der Waals surface area contributed by atoms with Crippen LogP contribution in [-0.4, -0.2) is 22.4 Å². The molecule has 0 spiro atoms. The van der Waals surface area contributed by atoms with E-state index in [4.69, 9.17) is 4.74 Å². The molecule has 2 aromatic rings. The number of hydrogen-bond donors (Lipinski definition) is 1. The van der Waals surface area contributed by atoms with Crippen LogP contribution in [0.2, 0.25) is 0 Å². The molecule has 0 bridgehead atoms. The molecule has 0 aliphatic heterocycles. The lowest BCUT2D eigenvalue weighted by atomic mass is 10.1. The summed E-state index contributed by atoms with van der Waals surface area (Å²) in [6.45, 7) is 2.71. The van der Waals surface area contributed by atoms with Crippen molar-refractivity contribution in [1.29, 1.82) is 0 Å². The standard InChI is InChI=1S/C18H19N3O6/c1-2-3-4-9-27-17-7-5-14(6-8-17)19-18(22)13-10-15(20(23)24)12-16(11-13)21(25)26/h5-8,10-12H,2-4,9H2,1H3,(H,19,22). The van der Waals surface area contributed by atoms with Gasteiger partial charge in [-0.2, -0.15) is 0 Å². The molecule has 0 aromatic heterocycles. The molecule has 1 N–H and O–H groups in total. The van der Waals surface area contributed by atoms with E-state index in [1.807, 2.05) is 0 Å². The number of non-ortho nitro benzene ring substituents is 2. The maximum absolute atomic E-state index is 12.3. The Labute approximate surface area is 155 Å². The summed E-state index contributed by atoms with van der Waals surface area (Å²) in [4.78, 5) is 32.6. The van der Waals surface area contributed by atoms with Gasteiger partial charge in [0, 0.05) is 17.8 Å². The van der Waals surface area contributed by atoms with Gasteiger partial charge in [0.2, 0.25) is 0 Å². The zero-order chi connectivity index (χ0) is 19.8. The molecule has 142 valence electrons. The summed E-state index contributed by atoms with van der Waals surface area (Å²) in [5, 5.41) is 24.4. The zero-order valence-corrected chi connectivity index (χ0v) is 14.7. The first-order valence-corrected chi connectivity index (χ1v) is 8.38. The minimum atomic E-state index is -0.783. The lowest BCUT2D eigenvalue weighted by Crippen LogP contribution is -2.12. The largest absolute Gasteiger partial charge is 0.494 e. The number of benzene rings is 2. The molecular weight excluding hydrogens is 354 g/mol. The van der Waals surface area contributed by atoms with Gasteiger partial charge in [-0.3, -0.25) is 25.0 Å². The van der Waals surface area contributed by atoms with Crippen molar-refractivity contribution in [3.05, 3.63) is 68.3 Å². The predicted octanol–water partition coefficient (Wildman–Crippen LogP) is 4.32. The fourth-order valence-electron chi connectivity index (χ4n) is 2.32. The van der Waals surface area contributed by atoms with Gasteiger partial charge in [0.1, 0.15) is 5.75 Å². The Bertz CT molecular complexity index is 803. The number of hydrogen-bond acceptors (Lipinski definition) is 6. The number of nitro groups is 2. The second kappa shape index (κ2) is 9.27. The van der Waals surface area contributed by atoms with Gasteiger partial charge in [0.25, 0.3) is 17.3 Å². The molecule has 0 unspecified atom stereocenters. The molecule has 0 saturated carbocycles. The van der Waals surface area contributed by atoms with Crippen molar-refractivity contribution in [2.45, 2.75) is 26.2 Å². The average molecular weight is 373 g/mol. The number of unbranched alkanes of at least 4 members (excludes halogenated alkanes) is 2. The molecule has 0 aliphatic rings. The summed E-state index contributed by atoms with van der Waals surface area (Å²) < 4.78 is 5.57. The van der Waals surface area contributed by atoms with E-state index >= 15 is 0 Å². The summed E-state index contributed by atoms with van der Waals surface area (Å²) >= 11 is 0. The van der Waals surface area contributed by atoms with Crippen LogP contribution in [0.1, 0.15) is 36.5 Å². The van der Waals surface area contributed by atoms with Crippen molar-refractivity contribution >= 4 is 23.0 Å². The van der Waals surface area contributed by atoms with Crippen LogP contribution in [0.5, 0.6) is 5.75 Å². The fourth-order valence-corrected chi connectivity index (χ4v) is 2.32. The van der Waals surface area contributed by atoms with Crippen LogP contribution in [0.3, 0.4) is 0 Å². The van der Waals surface area contributed by atoms with Crippen molar-refractivity contribution < 1.29 is 19.4 Å². The second-order valence-corrected chi connectivity index (χ2v) is 5.79. The van der Waals surface area contributed by atoms with Gasteiger partial charge in [-0.25, -0.2) is 0 Å². The van der Waals surface area contributed by atoms with Gasteiger partial charge in [0.05, 0.1) is 28.1 Å². The van der Waals surface area contributed by atoms with E-state index in [-0.39, 0.29) is 5.56 Å². The minimum Gasteiger partial charge on any atom is -0.494 e. The summed E-state index contributed by atoms with van der Waals surface area (Å²) in [5.41, 5.74) is -0.777. The highest BCUT2D eigenvalue weighted by molar-refractivity contribution is 6.05. The quantitative estimate of drug-likeness (QED) is 0.396. The molecule has 0 saturated heterocycles. The molecule has 9 heteroatoms. The van der Waals surface area contributed by atoms with Crippen molar-refractivity contribution in [3.63, 3.8) is 0 Å². The Kier molecular flexibility index (Phi) is 6.81. The normalized spacial score (nSPS) is 10.3. The molecular formula is C18H19N3O6. The lowest BCUT2D eigenvalue weighted by Gasteiger charge is -2.08. The van der Waals surface area contributed by atoms with Crippen LogP contribution in [0, 0.1) is 20.2 Å². The zero-order valence-electron chi connectivity index (χ0n) is 14.7. The Balaban J connectivity index is 2.08. The lowest BCUT2D eigenvalue weighted by molar-refractivity contribution is -0.394. The van der Waals surface area contributed by atoms with E-state index in [1.54, 1.807) is 24.3 Å². The molecule has 9 nitrogen and oxygen atoms in total. The topological polar surface area (TPSA) is 125 Å². The Hall–Kier alpha value is -3.49. The number of nitrogens with zero attached hydrogens (tertiary/aromatic N) is 2. The highest BCUT2D eigenvalue weighted by Gasteiger charge is 2.20. The SMILES string of the molecule is CCCCCOc1ccc(NC(=O)c2cc([N+](=O)[O-])cc([N+](=O)[O-])c2)cc1. The van der Waals surface area contributed by atoms with E-state index in [0.717, 1.165) is 37.5 Å². The summed E-state index contributed by atoms with van der Waals surface area (Å²) in [5.74, 6) is -0.0199. The highest BCUT2D eigenvalue weighted by atomic mass is 16.6. The van der Waals surface area contributed by atoms with Crippen LogP contribution < -0.4 is 10.1 Å². The molecule has 0 fully saturated rings. The minimum absolute atomic E-state index is 0.171. The molecule has 1 amide bonds. The third-order valence-electron chi connectivity index (χ3n) is 3.72.